The number of nitrogens with one attached hydrogen (secondary N) is 2. The lowest BCUT2D eigenvalue weighted by molar-refractivity contribution is -0.138. The normalized spacial score (nSPS) is 18.4. The number of benzene rings is 1. The Hall–Kier alpha value is -2.76. The maximum atomic E-state index is 13.0. The van der Waals surface area contributed by atoms with Crippen LogP contribution in [0, 0.1) is 0 Å². The Morgan fingerprint density at radius 2 is 2.18 bits per heavy atom. The third kappa shape index (κ3) is 3.28. The number of hydrogen-bond donors (Lipinski definition) is 2. The predicted octanol–water partition coefficient (Wildman–Crippen LogP) is 4.30. The van der Waals surface area contributed by atoms with Gasteiger partial charge in [0.1, 0.15) is 5.75 Å². The van der Waals surface area contributed by atoms with Crippen LogP contribution in [0.25, 0.3) is 0 Å². The molecule has 2 aromatic rings. The van der Waals surface area contributed by atoms with Crippen LogP contribution in [-0.2, 0) is 16.0 Å². The van der Waals surface area contributed by atoms with Gasteiger partial charge in [-0.25, -0.2) is 4.79 Å². The van der Waals surface area contributed by atoms with E-state index in [4.69, 9.17) is 9.47 Å². The lowest BCUT2D eigenvalue weighted by Crippen LogP contribution is -2.25. The zero-order valence-electron chi connectivity index (χ0n) is 16.5. The molecule has 1 atom stereocenters. The van der Waals surface area contributed by atoms with Gasteiger partial charge in [-0.1, -0.05) is 31.5 Å². The molecule has 0 aliphatic carbocycles. The van der Waals surface area contributed by atoms with Crippen molar-refractivity contribution in [2.75, 3.05) is 18.5 Å². The van der Waals surface area contributed by atoms with Crippen molar-refractivity contribution in [3.8, 4) is 5.75 Å². The van der Waals surface area contributed by atoms with Crippen molar-refractivity contribution in [3.63, 3.8) is 0 Å². The Bertz CT molecular complexity index is 900. The number of ether oxygens (including phenoxy) is 2. The number of allylic oxidation sites excluding steroid dienone is 1. The summed E-state index contributed by atoms with van der Waals surface area (Å²) >= 11 is 0. The molecule has 2 aliphatic heterocycles. The number of hydrogen-bond acceptors (Lipinski definition) is 5. The number of carbonyl (C=O) groups excluding carboxylic acids is 1. The summed E-state index contributed by atoms with van der Waals surface area (Å²) in [7, 11) is 0. The topological polar surface area (TPSA) is 76.2 Å². The zero-order chi connectivity index (χ0) is 19.5. The van der Waals surface area contributed by atoms with Gasteiger partial charge in [0.05, 0.1) is 24.7 Å². The van der Waals surface area contributed by atoms with Crippen LogP contribution in [0.15, 0.2) is 35.7 Å². The molecule has 2 aliphatic rings. The van der Waals surface area contributed by atoms with Gasteiger partial charge in [0.15, 0.2) is 5.82 Å². The van der Waals surface area contributed by atoms with Crippen molar-refractivity contribution < 1.29 is 14.3 Å². The molecule has 1 aromatic carbocycles. The van der Waals surface area contributed by atoms with Crippen LogP contribution in [0.2, 0.25) is 0 Å². The predicted molar refractivity (Wildman–Crippen MR) is 107 cm³/mol. The molecule has 3 heterocycles. The van der Waals surface area contributed by atoms with Crippen molar-refractivity contribution in [1.29, 1.82) is 0 Å². The summed E-state index contributed by atoms with van der Waals surface area (Å²) in [6, 6.07) is 6.26. The summed E-state index contributed by atoms with van der Waals surface area (Å²) in [4.78, 5) is 13.0. The summed E-state index contributed by atoms with van der Waals surface area (Å²) in [5.74, 6) is 1.15. The molecule has 0 amide bonds. The number of aromatic nitrogens is 2. The van der Waals surface area contributed by atoms with Gasteiger partial charge >= 0.3 is 5.97 Å². The first kappa shape index (κ1) is 18.6. The van der Waals surface area contributed by atoms with Crippen molar-refractivity contribution in [3.05, 3.63) is 52.4 Å². The maximum Gasteiger partial charge on any atom is 0.336 e. The minimum absolute atomic E-state index is 0.261. The number of rotatable bonds is 5. The van der Waals surface area contributed by atoms with E-state index in [0.717, 1.165) is 60.5 Å². The van der Waals surface area contributed by atoms with Crippen molar-refractivity contribution in [2.24, 2.45) is 0 Å². The Morgan fingerprint density at radius 1 is 1.29 bits per heavy atom. The highest BCUT2D eigenvalue weighted by molar-refractivity contribution is 5.94. The number of aryl methyl sites for hydroxylation is 1. The Balaban J connectivity index is 1.91. The number of anilines is 1. The van der Waals surface area contributed by atoms with E-state index in [1.165, 1.54) is 5.56 Å². The van der Waals surface area contributed by atoms with Crippen LogP contribution >= 0.6 is 0 Å². The molecule has 1 aromatic heterocycles. The summed E-state index contributed by atoms with van der Waals surface area (Å²) in [6.45, 7) is 4.98. The standard InChI is InChI=1S/C22H27N3O3/c1-3-8-17-19(22(26)27-4-2)18(16-13-23-25-21(16)24-17)15-11-7-10-14-9-5-6-12-28-20(14)15/h7,10-11,13,18H,3-6,8-9,12H2,1-2H3,(H2,23,24,25). The molecule has 2 N–H and O–H groups in total. The minimum atomic E-state index is -0.276. The number of esters is 1. The van der Waals surface area contributed by atoms with Crippen LogP contribution in [0.3, 0.4) is 0 Å². The van der Waals surface area contributed by atoms with E-state index in [0.29, 0.717) is 18.8 Å². The number of H-pyrrole nitrogens is 1. The first-order chi connectivity index (χ1) is 13.7. The molecule has 0 spiro atoms. The third-order valence-corrected chi connectivity index (χ3v) is 5.38. The van der Waals surface area contributed by atoms with Crippen molar-refractivity contribution in [1.82, 2.24) is 10.2 Å². The smallest absolute Gasteiger partial charge is 0.336 e. The average molecular weight is 381 g/mol. The van der Waals surface area contributed by atoms with Crippen LogP contribution in [0.5, 0.6) is 5.75 Å². The summed E-state index contributed by atoms with van der Waals surface area (Å²) in [6.07, 6.45) is 6.69. The van der Waals surface area contributed by atoms with Gasteiger partial charge in [-0.2, -0.15) is 5.10 Å². The van der Waals surface area contributed by atoms with E-state index >= 15 is 0 Å². The highest BCUT2D eigenvalue weighted by atomic mass is 16.5. The second-order valence-electron chi connectivity index (χ2n) is 7.25. The highest BCUT2D eigenvalue weighted by Gasteiger charge is 2.37. The largest absolute Gasteiger partial charge is 0.493 e. The number of para-hydroxylation sites is 1. The van der Waals surface area contributed by atoms with Crippen LogP contribution in [0.1, 0.15) is 62.1 Å². The zero-order valence-corrected chi connectivity index (χ0v) is 16.5. The minimum Gasteiger partial charge on any atom is -0.493 e. The van der Waals surface area contributed by atoms with E-state index < -0.39 is 0 Å². The fraction of sp³-hybridized carbons (Fsp3) is 0.455. The van der Waals surface area contributed by atoms with Crippen LogP contribution in [0.4, 0.5) is 5.82 Å². The lowest BCUT2D eigenvalue weighted by atomic mass is 9.80. The van der Waals surface area contributed by atoms with Gasteiger partial charge in [0.25, 0.3) is 0 Å². The molecule has 28 heavy (non-hydrogen) atoms. The van der Waals surface area contributed by atoms with Gasteiger partial charge in [-0.3, -0.25) is 5.10 Å². The summed E-state index contributed by atoms with van der Waals surface area (Å²) in [5.41, 5.74) is 4.72. The maximum absolute atomic E-state index is 13.0. The molecule has 4 rings (SSSR count). The van der Waals surface area contributed by atoms with Gasteiger partial charge in [-0.15, -0.1) is 0 Å². The first-order valence-corrected chi connectivity index (χ1v) is 10.2. The van der Waals surface area contributed by atoms with Gasteiger partial charge in [0.2, 0.25) is 0 Å². The van der Waals surface area contributed by atoms with E-state index in [1.54, 1.807) is 0 Å². The number of nitrogens with zero attached hydrogens (tertiary/aromatic N) is 1. The fourth-order valence-corrected chi connectivity index (χ4v) is 4.18. The van der Waals surface area contributed by atoms with Gasteiger partial charge in [-0.05, 0) is 38.2 Å². The number of carbonyl (C=O) groups is 1. The van der Waals surface area contributed by atoms with Gasteiger partial charge < -0.3 is 14.8 Å². The Kier molecular flexibility index (Phi) is 5.37. The van der Waals surface area contributed by atoms with E-state index in [1.807, 2.05) is 13.1 Å². The lowest BCUT2D eigenvalue weighted by Gasteiger charge is -2.29. The highest BCUT2D eigenvalue weighted by Crippen LogP contribution is 2.46. The quantitative estimate of drug-likeness (QED) is 0.755. The fourth-order valence-electron chi connectivity index (χ4n) is 4.18. The second kappa shape index (κ2) is 8.09. The Labute approximate surface area is 165 Å². The third-order valence-electron chi connectivity index (χ3n) is 5.38. The van der Waals surface area contributed by atoms with Crippen molar-refractivity contribution in [2.45, 2.75) is 51.9 Å². The first-order valence-electron chi connectivity index (χ1n) is 10.2. The molecule has 0 fully saturated rings. The Morgan fingerprint density at radius 3 is 3.00 bits per heavy atom. The molecule has 6 nitrogen and oxygen atoms in total. The molecule has 148 valence electrons. The molecule has 1 unspecified atom stereocenters. The average Bonchev–Trinajstić information content (AvgIpc) is 3.02. The SMILES string of the molecule is CCCC1=C(C(=O)OCC)C(c2cccc3c2OCCCC3)c2c[nH]nc2N1. The van der Waals surface area contributed by atoms with E-state index in [-0.39, 0.29) is 11.9 Å². The molecular weight excluding hydrogens is 354 g/mol. The van der Waals surface area contributed by atoms with E-state index in [2.05, 4.69) is 40.6 Å². The molecule has 6 heteroatoms. The van der Waals surface area contributed by atoms with Crippen LogP contribution < -0.4 is 10.1 Å². The summed E-state index contributed by atoms with van der Waals surface area (Å²) in [5, 5.41) is 10.7. The molecule has 0 saturated carbocycles. The van der Waals surface area contributed by atoms with Gasteiger partial charge in [0, 0.05) is 23.0 Å². The monoisotopic (exact) mass is 381 g/mol. The molecule has 0 radical (unpaired) electrons. The molecule has 0 saturated heterocycles. The van der Waals surface area contributed by atoms with E-state index in [9.17, 15) is 4.79 Å². The van der Waals surface area contributed by atoms with Crippen LogP contribution in [-0.4, -0.2) is 29.4 Å². The molecule has 0 bridgehead atoms. The molecular formula is C22H27N3O3. The number of fused-ring (bicyclic) bond motifs is 2. The second-order valence-corrected chi connectivity index (χ2v) is 7.25. The van der Waals surface area contributed by atoms with Crippen molar-refractivity contribution >= 4 is 11.8 Å². The number of aromatic amines is 1. The summed E-state index contributed by atoms with van der Waals surface area (Å²) < 4.78 is 11.6.